The number of amides is 1. The summed E-state index contributed by atoms with van der Waals surface area (Å²) >= 11 is 0. The molecule has 0 bridgehead atoms. The van der Waals surface area contributed by atoms with Crippen molar-refractivity contribution in [1.29, 1.82) is 0 Å². The minimum atomic E-state index is -0.929. The molecule has 0 unspecified atom stereocenters. The van der Waals surface area contributed by atoms with Crippen molar-refractivity contribution in [3.05, 3.63) is 0 Å². The van der Waals surface area contributed by atoms with E-state index in [4.69, 9.17) is 0 Å². The van der Waals surface area contributed by atoms with Crippen LogP contribution in [0.25, 0.3) is 0 Å². The number of carboxylic acids is 1. The number of hydrogen-bond acceptors (Lipinski definition) is 2. The Bertz CT molecular complexity index is 452. The monoisotopic (exact) mass is 467 g/mol. The van der Waals surface area contributed by atoms with Gasteiger partial charge in [-0.25, -0.2) is 4.79 Å². The summed E-state index contributed by atoms with van der Waals surface area (Å²) in [6.45, 7) is 6.10. The summed E-state index contributed by atoms with van der Waals surface area (Å²) < 4.78 is 0. The van der Waals surface area contributed by atoms with E-state index in [2.05, 4.69) is 12.2 Å². The van der Waals surface area contributed by atoms with Crippen molar-refractivity contribution in [2.45, 2.75) is 168 Å². The molecule has 0 aromatic heterocycles. The Kier molecular flexibility index (Phi) is 23.3. The molecule has 0 aromatic carbocycles. The molecule has 0 spiro atoms. The van der Waals surface area contributed by atoms with Crippen LogP contribution in [0.4, 0.5) is 0 Å². The van der Waals surface area contributed by atoms with Crippen LogP contribution in [0.1, 0.15) is 162 Å². The van der Waals surface area contributed by atoms with Crippen molar-refractivity contribution in [1.82, 2.24) is 5.32 Å². The standard InChI is InChI=1S/C29H57NO3/c1-4-6-7-8-9-10-11-12-13-14-15-16-17-18-19-20-21-22-23-24-25-27(31)30-28(29(32)33)26(3)5-2/h26,28H,4-25H2,1-3H3,(H,30,31)(H,32,33)/t26-,28-/m0/s1. The fraction of sp³-hybridized carbons (Fsp3) is 0.931. The van der Waals surface area contributed by atoms with Gasteiger partial charge in [0.15, 0.2) is 0 Å². The van der Waals surface area contributed by atoms with Gasteiger partial charge in [-0.15, -0.1) is 0 Å². The summed E-state index contributed by atoms with van der Waals surface area (Å²) in [6, 6.07) is -0.757. The second-order valence-corrected chi connectivity index (χ2v) is 10.2. The molecule has 0 heterocycles. The van der Waals surface area contributed by atoms with E-state index < -0.39 is 12.0 Å². The average Bonchev–Trinajstić information content (AvgIpc) is 2.80. The summed E-state index contributed by atoms with van der Waals surface area (Å²) in [5, 5.41) is 11.9. The second kappa shape index (κ2) is 24.1. The molecule has 4 heteroatoms. The first-order chi connectivity index (χ1) is 16.0. The molecule has 33 heavy (non-hydrogen) atoms. The van der Waals surface area contributed by atoms with E-state index >= 15 is 0 Å². The highest BCUT2D eigenvalue weighted by atomic mass is 16.4. The summed E-state index contributed by atoms with van der Waals surface area (Å²) in [6.07, 6.45) is 28.0. The quantitative estimate of drug-likeness (QED) is 0.132. The number of carbonyl (C=O) groups excluding carboxylic acids is 1. The SMILES string of the molecule is CCCCCCCCCCCCCCCCCCCCCCC(=O)N[C@H](C(=O)O)[C@@H](C)CC. The van der Waals surface area contributed by atoms with Gasteiger partial charge in [0.2, 0.25) is 5.91 Å². The molecule has 4 nitrogen and oxygen atoms in total. The summed E-state index contributed by atoms with van der Waals surface area (Å²) in [4.78, 5) is 23.3. The Morgan fingerprint density at radius 2 is 0.939 bits per heavy atom. The van der Waals surface area contributed by atoms with Gasteiger partial charge in [-0.2, -0.15) is 0 Å². The highest BCUT2D eigenvalue weighted by Gasteiger charge is 2.24. The molecule has 2 atom stereocenters. The first-order valence-corrected chi connectivity index (χ1v) is 14.5. The molecule has 196 valence electrons. The van der Waals surface area contributed by atoms with Gasteiger partial charge in [-0.05, 0) is 12.3 Å². The van der Waals surface area contributed by atoms with Crippen LogP contribution in [-0.2, 0) is 9.59 Å². The zero-order valence-corrected chi connectivity index (χ0v) is 22.5. The van der Waals surface area contributed by atoms with Gasteiger partial charge in [0.1, 0.15) is 6.04 Å². The van der Waals surface area contributed by atoms with Crippen molar-refractivity contribution in [3.8, 4) is 0 Å². The van der Waals surface area contributed by atoms with Gasteiger partial charge in [-0.1, -0.05) is 149 Å². The Morgan fingerprint density at radius 3 is 1.24 bits per heavy atom. The molecular weight excluding hydrogens is 410 g/mol. The van der Waals surface area contributed by atoms with E-state index in [0.29, 0.717) is 6.42 Å². The lowest BCUT2D eigenvalue weighted by molar-refractivity contribution is -0.143. The lowest BCUT2D eigenvalue weighted by Gasteiger charge is -2.20. The van der Waals surface area contributed by atoms with E-state index in [9.17, 15) is 14.7 Å². The molecule has 0 aromatic rings. The minimum Gasteiger partial charge on any atom is -0.480 e. The van der Waals surface area contributed by atoms with Crippen molar-refractivity contribution in [2.75, 3.05) is 0 Å². The molecule has 1 amide bonds. The number of carboxylic acid groups (broad SMARTS) is 1. The topological polar surface area (TPSA) is 66.4 Å². The van der Waals surface area contributed by atoms with E-state index in [1.807, 2.05) is 13.8 Å². The molecule has 0 radical (unpaired) electrons. The van der Waals surface area contributed by atoms with Gasteiger partial charge in [0, 0.05) is 6.42 Å². The summed E-state index contributed by atoms with van der Waals surface area (Å²) in [5.41, 5.74) is 0. The second-order valence-electron chi connectivity index (χ2n) is 10.2. The van der Waals surface area contributed by atoms with Crippen LogP contribution in [0.3, 0.4) is 0 Å². The number of aliphatic carboxylic acids is 1. The lowest BCUT2D eigenvalue weighted by Crippen LogP contribution is -2.44. The Balaban J connectivity index is 3.32. The smallest absolute Gasteiger partial charge is 0.326 e. The fourth-order valence-corrected chi connectivity index (χ4v) is 4.47. The van der Waals surface area contributed by atoms with Gasteiger partial charge >= 0.3 is 5.97 Å². The van der Waals surface area contributed by atoms with Crippen LogP contribution in [0.2, 0.25) is 0 Å². The predicted molar refractivity (Wildman–Crippen MR) is 142 cm³/mol. The number of nitrogens with one attached hydrogen (secondary N) is 1. The third-order valence-electron chi connectivity index (χ3n) is 7.05. The highest BCUT2D eigenvalue weighted by molar-refractivity contribution is 5.83. The van der Waals surface area contributed by atoms with E-state index in [0.717, 1.165) is 19.3 Å². The van der Waals surface area contributed by atoms with Crippen molar-refractivity contribution < 1.29 is 14.7 Å². The number of carbonyl (C=O) groups is 2. The number of rotatable bonds is 25. The summed E-state index contributed by atoms with van der Waals surface area (Å²) in [5.74, 6) is -1.09. The highest BCUT2D eigenvalue weighted by Crippen LogP contribution is 2.15. The predicted octanol–water partition coefficient (Wildman–Crippen LogP) is 8.81. The Hall–Kier alpha value is -1.06. The summed E-state index contributed by atoms with van der Waals surface area (Å²) in [7, 11) is 0. The van der Waals surface area contributed by atoms with Crippen LogP contribution < -0.4 is 5.32 Å². The van der Waals surface area contributed by atoms with Crippen LogP contribution in [0.15, 0.2) is 0 Å². The van der Waals surface area contributed by atoms with Crippen molar-refractivity contribution >= 4 is 11.9 Å². The van der Waals surface area contributed by atoms with Gasteiger partial charge in [-0.3, -0.25) is 4.79 Å². The zero-order valence-electron chi connectivity index (χ0n) is 22.5. The largest absolute Gasteiger partial charge is 0.480 e. The van der Waals surface area contributed by atoms with E-state index in [1.165, 1.54) is 116 Å². The maximum absolute atomic E-state index is 12.0. The lowest BCUT2D eigenvalue weighted by atomic mass is 9.99. The van der Waals surface area contributed by atoms with Crippen LogP contribution in [-0.4, -0.2) is 23.0 Å². The van der Waals surface area contributed by atoms with E-state index in [-0.39, 0.29) is 11.8 Å². The number of hydrogen-bond donors (Lipinski definition) is 2. The molecule has 0 saturated carbocycles. The molecule has 0 aliphatic carbocycles. The van der Waals surface area contributed by atoms with Crippen LogP contribution >= 0.6 is 0 Å². The fourth-order valence-electron chi connectivity index (χ4n) is 4.47. The van der Waals surface area contributed by atoms with Gasteiger partial charge in [0.05, 0.1) is 0 Å². The first kappa shape index (κ1) is 31.9. The van der Waals surface area contributed by atoms with Crippen LogP contribution in [0, 0.1) is 5.92 Å². The third-order valence-corrected chi connectivity index (χ3v) is 7.05. The average molecular weight is 468 g/mol. The zero-order chi connectivity index (χ0) is 24.6. The minimum absolute atomic E-state index is 0.0404. The van der Waals surface area contributed by atoms with Crippen molar-refractivity contribution in [3.63, 3.8) is 0 Å². The molecule has 0 fully saturated rings. The normalized spacial score (nSPS) is 13.1. The number of unbranched alkanes of at least 4 members (excludes halogenated alkanes) is 19. The molecule has 0 aliphatic heterocycles. The molecular formula is C29H57NO3. The first-order valence-electron chi connectivity index (χ1n) is 14.5. The third kappa shape index (κ3) is 21.2. The molecule has 0 saturated heterocycles. The van der Waals surface area contributed by atoms with Gasteiger partial charge < -0.3 is 10.4 Å². The molecule has 2 N–H and O–H groups in total. The van der Waals surface area contributed by atoms with Gasteiger partial charge in [0.25, 0.3) is 0 Å². The maximum Gasteiger partial charge on any atom is 0.326 e. The molecule has 0 rings (SSSR count). The van der Waals surface area contributed by atoms with Crippen LogP contribution in [0.5, 0.6) is 0 Å². The van der Waals surface area contributed by atoms with Crippen molar-refractivity contribution in [2.24, 2.45) is 5.92 Å². The molecule has 0 aliphatic rings. The Morgan fingerprint density at radius 1 is 0.606 bits per heavy atom. The van der Waals surface area contributed by atoms with E-state index in [1.54, 1.807) is 0 Å². The Labute approximate surface area is 206 Å². The maximum atomic E-state index is 12.0.